The second kappa shape index (κ2) is 7.66. The minimum absolute atomic E-state index is 0.0406. The van der Waals surface area contributed by atoms with Crippen LogP contribution >= 0.6 is 0 Å². The molecule has 1 atom stereocenters. The summed E-state index contributed by atoms with van der Waals surface area (Å²) < 4.78 is 13.6. The van der Waals surface area contributed by atoms with Gasteiger partial charge in [0.05, 0.1) is 12.6 Å². The summed E-state index contributed by atoms with van der Waals surface area (Å²) in [6.07, 6.45) is 0. The zero-order valence-corrected chi connectivity index (χ0v) is 16.7. The van der Waals surface area contributed by atoms with E-state index in [4.69, 9.17) is 5.73 Å². The van der Waals surface area contributed by atoms with E-state index in [1.807, 2.05) is 0 Å². The van der Waals surface area contributed by atoms with Crippen LogP contribution in [-0.4, -0.2) is 29.2 Å². The van der Waals surface area contributed by atoms with Crippen molar-refractivity contribution in [1.82, 2.24) is 10.2 Å². The predicted octanol–water partition coefficient (Wildman–Crippen LogP) is 3.15. The fourth-order valence-electron chi connectivity index (χ4n) is 3.33. The van der Waals surface area contributed by atoms with E-state index in [0.717, 1.165) is 11.1 Å². The van der Waals surface area contributed by atoms with Crippen LogP contribution in [0.15, 0.2) is 42.5 Å². The zero-order chi connectivity index (χ0) is 21.3. The van der Waals surface area contributed by atoms with Crippen molar-refractivity contribution < 1.29 is 18.8 Å². The van der Waals surface area contributed by atoms with Gasteiger partial charge in [-0.05, 0) is 41.0 Å². The van der Waals surface area contributed by atoms with Crippen molar-refractivity contribution in [3.8, 4) is 0 Å². The maximum Gasteiger partial charge on any atom is 0.315 e. The van der Waals surface area contributed by atoms with Gasteiger partial charge >= 0.3 is 6.03 Å². The minimum Gasteiger partial charge on any atom is -0.351 e. The maximum atomic E-state index is 13.6. The van der Waals surface area contributed by atoms with Crippen LogP contribution in [0.1, 0.15) is 53.9 Å². The van der Waals surface area contributed by atoms with Crippen LogP contribution in [0.4, 0.5) is 9.18 Å². The molecule has 0 aliphatic carbocycles. The van der Waals surface area contributed by atoms with E-state index in [2.05, 4.69) is 5.32 Å². The number of carbonyl (C=O) groups is 3. The molecule has 1 heterocycles. The molecular formula is C22H24FN3O3. The number of nitrogens with one attached hydrogen (secondary N) is 1. The Morgan fingerprint density at radius 3 is 2.38 bits per heavy atom. The van der Waals surface area contributed by atoms with Crippen LogP contribution in [0.5, 0.6) is 0 Å². The van der Waals surface area contributed by atoms with Crippen LogP contribution < -0.4 is 11.1 Å². The number of halogens is 1. The average Bonchev–Trinajstić information content (AvgIpc) is 3.04. The number of rotatable bonds is 4. The molecule has 0 saturated heterocycles. The SMILES string of the molecule is CC(C)(C)C(=O)CNC(=O)c1ccc(C2c3ccc(F)cc3CN2C(N)=O)cc1. The number of benzene rings is 2. The summed E-state index contributed by atoms with van der Waals surface area (Å²) in [5, 5.41) is 2.63. The smallest absolute Gasteiger partial charge is 0.315 e. The van der Waals surface area contributed by atoms with Gasteiger partial charge in [0.15, 0.2) is 5.78 Å². The lowest BCUT2D eigenvalue weighted by Crippen LogP contribution is -2.35. The summed E-state index contributed by atoms with van der Waals surface area (Å²) >= 11 is 0. The molecule has 0 fully saturated rings. The molecule has 0 radical (unpaired) electrons. The highest BCUT2D eigenvalue weighted by atomic mass is 19.1. The third kappa shape index (κ3) is 4.29. The molecule has 3 rings (SSSR count). The number of hydrogen-bond acceptors (Lipinski definition) is 3. The Labute approximate surface area is 168 Å². The number of carbonyl (C=O) groups excluding carboxylic acids is 3. The Bertz CT molecular complexity index is 964. The van der Waals surface area contributed by atoms with E-state index >= 15 is 0 Å². The Hall–Kier alpha value is -3.22. The number of Topliss-reactive ketones (excluding diaryl/α,β-unsaturated/α-hetero) is 1. The van der Waals surface area contributed by atoms with E-state index < -0.39 is 17.5 Å². The van der Waals surface area contributed by atoms with Crippen molar-refractivity contribution in [1.29, 1.82) is 0 Å². The quantitative estimate of drug-likeness (QED) is 0.830. The maximum absolute atomic E-state index is 13.6. The molecule has 0 bridgehead atoms. The number of fused-ring (bicyclic) bond motifs is 1. The largest absolute Gasteiger partial charge is 0.351 e. The van der Waals surface area contributed by atoms with Gasteiger partial charge in [0.25, 0.3) is 5.91 Å². The average molecular weight is 397 g/mol. The number of amides is 3. The standard InChI is InChI=1S/C22H24FN3O3/c1-22(2,3)18(27)11-25-20(28)14-6-4-13(5-7-14)19-17-9-8-16(23)10-15(17)12-26(19)21(24)29/h4-10,19H,11-12H2,1-3H3,(H2,24,29)(H,25,28). The first-order valence-electron chi connectivity index (χ1n) is 9.34. The summed E-state index contributed by atoms with van der Waals surface area (Å²) in [5.41, 5.74) is 7.67. The predicted molar refractivity (Wildman–Crippen MR) is 107 cm³/mol. The van der Waals surface area contributed by atoms with E-state index in [-0.39, 0.29) is 30.6 Å². The van der Waals surface area contributed by atoms with Gasteiger partial charge in [0.2, 0.25) is 0 Å². The molecule has 3 amide bonds. The van der Waals surface area contributed by atoms with E-state index in [1.165, 1.54) is 17.0 Å². The monoisotopic (exact) mass is 397 g/mol. The molecule has 152 valence electrons. The molecule has 2 aromatic rings. The van der Waals surface area contributed by atoms with Crippen molar-refractivity contribution in [2.75, 3.05) is 6.54 Å². The lowest BCUT2D eigenvalue weighted by atomic mass is 9.91. The number of urea groups is 1. The molecule has 0 aromatic heterocycles. The lowest BCUT2D eigenvalue weighted by Gasteiger charge is -2.24. The first-order chi connectivity index (χ1) is 13.6. The number of ketones is 1. The number of primary amides is 1. The van der Waals surface area contributed by atoms with E-state index in [1.54, 1.807) is 51.1 Å². The van der Waals surface area contributed by atoms with Gasteiger partial charge in [-0.1, -0.05) is 39.0 Å². The van der Waals surface area contributed by atoms with Crippen molar-refractivity contribution in [3.05, 3.63) is 70.5 Å². The van der Waals surface area contributed by atoms with E-state index in [9.17, 15) is 18.8 Å². The lowest BCUT2D eigenvalue weighted by molar-refractivity contribution is -0.125. The van der Waals surface area contributed by atoms with Crippen LogP contribution in [0.25, 0.3) is 0 Å². The Morgan fingerprint density at radius 2 is 1.79 bits per heavy atom. The Kier molecular flexibility index (Phi) is 5.42. The van der Waals surface area contributed by atoms with Crippen LogP contribution in [0.3, 0.4) is 0 Å². The van der Waals surface area contributed by atoms with Crippen LogP contribution in [0, 0.1) is 11.2 Å². The Morgan fingerprint density at radius 1 is 1.14 bits per heavy atom. The molecular weight excluding hydrogens is 373 g/mol. The molecule has 1 unspecified atom stereocenters. The van der Waals surface area contributed by atoms with Gasteiger partial charge in [-0.25, -0.2) is 9.18 Å². The highest BCUT2D eigenvalue weighted by molar-refractivity contribution is 5.97. The second-order valence-electron chi connectivity index (χ2n) is 8.19. The molecule has 0 saturated carbocycles. The summed E-state index contributed by atoms with van der Waals surface area (Å²) in [4.78, 5) is 37.7. The van der Waals surface area contributed by atoms with Gasteiger partial charge in [0, 0.05) is 17.5 Å². The molecule has 0 spiro atoms. The number of hydrogen-bond donors (Lipinski definition) is 2. The number of nitrogens with two attached hydrogens (primary N) is 1. The molecule has 2 aromatic carbocycles. The molecule has 1 aliphatic heterocycles. The zero-order valence-electron chi connectivity index (χ0n) is 16.7. The van der Waals surface area contributed by atoms with Crippen molar-refractivity contribution in [2.45, 2.75) is 33.4 Å². The number of nitrogens with zero attached hydrogens (tertiary/aromatic N) is 1. The molecule has 3 N–H and O–H groups in total. The molecule has 1 aliphatic rings. The summed E-state index contributed by atoms with van der Waals surface area (Å²) in [7, 11) is 0. The normalized spacial score (nSPS) is 15.7. The molecule has 7 heteroatoms. The van der Waals surface area contributed by atoms with E-state index in [0.29, 0.717) is 11.1 Å². The van der Waals surface area contributed by atoms with Crippen LogP contribution in [0.2, 0.25) is 0 Å². The van der Waals surface area contributed by atoms with Crippen LogP contribution in [-0.2, 0) is 11.3 Å². The summed E-state index contributed by atoms with van der Waals surface area (Å²) in [6, 6.07) is 10.1. The van der Waals surface area contributed by atoms with Gasteiger partial charge in [0.1, 0.15) is 5.82 Å². The fourth-order valence-corrected chi connectivity index (χ4v) is 3.33. The highest BCUT2D eigenvalue weighted by Crippen LogP contribution is 2.38. The van der Waals surface area contributed by atoms with Crippen molar-refractivity contribution >= 4 is 17.7 Å². The first kappa shape index (κ1) is 20.5. The topological polar surface area (TPSA) is 92.5 Å². The summed E-state index contributed by atoms with van der Waals surface area (Å²) in [5.74, 6) is -0.783. The summed E-state index contributed by atoms with van der Waals surface area (Å²) in [6.45, 7) is 5.58. The molecule has 29 heavy (non-hydrogen) atoms. The fraction of sp³-hybridized carbons (Fsp3) is 0.318. The van der Waals surface area contributed by atoms with Gasteiger partial charge in [-0.3, -0.25) is 9.59 Å². The third-order valence-electron chi connectivity index (χ3n) is 5.07. The Balaban J connectivity index is 1.80. The highest BCUT2D eigenvalue weighted by Gasteiger charge is 2.34. The first-order valence-corrected chi connectivity index (χ1v) is 9.34. The van der Waals surface area contributed by atoms with Gasteiger partial charge < -0.3 is 16.0 Å². The van der Waals surface area contributed by atoms with Gasteiger partial charge in [-0.2, -0.15) is 0 Å². The second-order valence-corrected chi connectivity index (χ2v) is 8.19. The molecule has 6 nitrogen and oxygen atoms in total. The third-order valence-corrected chi connectivity index (χ3v) is 5.07. The van der Waals surface area contributed by atoms with Crippen molar-refractivity contribution in [3.63, 3.8) is 0 Å². The van der Waals surface area contributed by atoms with Crippen molar-refractivity contribution in [2.24, 2.45) is 11.1 Å². The van der Waals surface area contributed by atoms with Gasteiger partial charge in [-0.15, -0.1) is 0 Å². The minimum atomic E-state index is -0.603.